The van der Waals surface area contributed by atoms with E-state index in [0.717, 1.165) is 12.1 Å². The minimum atomic E-state index is -1.68. The molecule has 0 aromatic heterocycles. The number of halogens is 3. The molecule has 0 unspecified atom stereocenters. The van der Waals surface area contributed by atoms with Gasteiger partial charge in [0.25, 0.3) is 0 Å². The molecule has 0 aliphatic heterocycles. The predicted octanol–water partition coefficient (Wildman–Crippen LogP) is -2.26. The van der Waals surface area contributed by atoms with E-state index >= 15 is 0 Å². The summed E-state index contributed by atoms with van der Waals surface area (Å²) >= 11 is 19.0. The largest absolute Gasteiger partial charge is 1.00 e. The van der Waals surface area contributed by atoms with Gasteiger partial charge in [-0.1, -0.05) is 52.2 Å². The molecular weight excluding hydrogens is 525 g/mol. The van der Waals surface area contributed by atoms with Crippen LogP contribution in [0.3, 0.4) is 0 Å². The summed E-state index contributed by atoms with van der Waals surface area (Å²) in [5, 5.41) is 33.6. The van der Waals surface area contributed by atoms with Gasteiger partial charge in [-0.25, -0.2) is 4.79 Å². The molecule has 0 bridgehead atoms. The van der Waals surface area contributed by atoms with E-state index in [1.54, 1.807) is 0 Å². The van der Waals surface area contributed by atoms with E-state index in [1.807, 2.05) is 0 Å². The second-order valence-corrected chi connectivity index (χ2v) is 8.22. The summed E-state index contributed by atoms with van der Waals surface area (Å²) in [7, 11) is 0. The monoisotopic (exact) mass is 536 g/mol. The van der Waals surface area contributed by atoms with Crippen molar-refractivity contribution in [1.29, 1.82) is 0 Å². The van der Waals surface area contributed by atoms with Crippen LogP contribution < -0.4 is 69.3 Å². The number of aromatic carboxylic acids is 1. The summed E-state index contributed by atoms with van der Waals surface area (Å²) in [6.45, 7) is 2.86. The van der Waals surface area contributed by atoms with Crippen LogP contribution in [0.2, 0.25) is 15.1 Å². The van der Waals surface area contributed by atoms with E-state index in [4.69, 9.17) is 34.8 Å². The number of carboxylic acid groups (broad SMARTS) is 2. The van der Waals surface area contributed by atoms with E-state index in [2.05, 4.69) is 0 Å². The first-order valence-electron chi connectivity index (χ1n) is 9.03. The number of benzene rings is 2. The van der Waals surface area contributed by atoms with Crippen molar-refractivity contribution in [2.75, 3.05) is 0 Å². The van der Waals surface area contributed by atoms with Gasteiger partial charge in [-0.3, -0.25) is 4.79 Å². The average molecular weight is 538 g/mol. The molecule has 1 aliphatic carbocycles. The van der Waals surface area contributed by atoms with E-state index < -0.39 is 34.6 Å². The van der Waals surface area contributed by atoms with Crippen molar-refractivity contribution in [3.8, 4) is 5.75 Å². The Hall–Kier alpha value is -1.06. The number of hydrogen-bond acceptors (Lipinski definition) is 5. The smallest absolute Gasteiger partial charge is 0.872 e. The maximum absolute atomic E-state index is 12.3. The second-order valence-electron chi connectivity index (χ2n) is 7.03. The standard InChI is InChI=1S/C23H15Cl3O6.2Na/c1-9-5-11(7-13(20(9)27)22(29)30)17(18-15(24)3-4-16(25)19(18)26)12-6-10(2)21(28)14(8-12)23(31)32;;/h3-8,27H,1-2H3,(H,29,30)(H,31,32);;/q;2*+1/p-2. The molecule has 3 rings (SSSR count). The minimum absolute atomic E-state index is 0. The van der Waals surface area contributed by atoms with Crippen LogP contribution in [0.15, 0.2) is 53.1 Å². The third-order valence-corrected chi connectivity index (χ3v) is 5.99. The number of Topliss-reactive ketones (excluding diaryl/α,β-unsaturated/α-hetero) is 1. The van der Waals surface area contributed by atoms with Gasteiger partial charge in [-0.05, 0) is 72.0 Å². The SMILES string of the molecule is CC1=CC(=C(c2cc(C)c([O-])c(C(=O)[O-])c2)c2c(Cl)ccc(Cl)c2Cl)C=C(C(=O)O)C1=O.[Na+].[Na+]. The zero-order valence-electron chi connectivity index (χ0n) is 18.6. The summed E-state index contributed by atoms with van der Waals surface area (Å²) < 4.78 is 0. The molecule has 0 saturated heterocycles. The number of allylic oxidation sites excluding steroid dienone is 4. The molecule has 6 nitrogen and oxygen atoms in total. The molecule has 0 radical (unpaired) electrons. The van der Waals surface area contributed by atoms with Gasteiger partial charge in [0, 0.05) is 5.56 Å². The molecule has 0 atom stereocenters. The number of ketones is 1. The van der Waals surface area contributed by atoms with E-state index in [1.165, 1.54) is 38.1 Å². The van der Waals surface area contributed by atoms with Gasteiger partial charge >= 0.3 is 65.1 Å². The summed E-state index contributed by atoms with van der Waals surface area (Å²) in [5.41, 5.74) is -0.0783. The van der Waals surface area contributed by atoms with Crippen LogP contribution >= 0.6 is 34.8 Å². The quantitative estimate of drug-likeness (QED) is 0.267. The normalized spacial score (nSPS) is 14.3. The number of carbonyl (C=O) groups is 3. The van der Waals surface area contributed by atoms with Gasteiger partial charge in [0.2, 0.25) is 0 Å². The molecule has 2 aromatic carbocycles. The summed E-state index contributed by atoms with van der Waals surface area (Å²) in [5.74, 6) is -4.52. The predicted molar refractivity (Wildman–Crippen MR) is 117 cm³/mol. The molecule has 11 heteroatoms. The molecule has 0 spiro atoms. The zero-order chi connectivity index (χ0) is 23.9. The molecule has 0 saturated carbocycles. The maximum Gasteiger partial charge on any atom is 1.00 e. The molecule has 1 aliphatic rings. The first-order chi connectivity index (χ1) is 14.9. The van der Waals surface area contributed by atoms with Crippen molar-refractivity contribution in [3.63, 3.8) is 0 Å². The Kier molecular flexibility index (Phi) is 11.2. The second kappa shape index (κ2) is 12.3. The van der Waals surface area contributed by atoms with Gasteiger partial charge < -0.3 is 20.1 Å². The average Bonchev–Trinajstić information content (AvgIpc) is 2.71. The van der Waals surface area contributed by atoms with Gasteiger partial charge in [0.15, 0.2) is 5.78 Å². The van der Waals surface area contributed by atoms with Crippen molar-refractivity contribution in [2.45, 2.75) is 13.8 Å². The number of hydrogen-bond donors (Lipinski definition) is 1. The first-order valence-corrected chi connectivity index (χ1v) is 10.2. The maximum atomic E-state index is 12.3. The molecule has 164 valence electrons. The van der Waals surface area contributed by atoms with Gasteiger partial charge in [0.05, 0.1) is 21.0 Å². The first kappa shape index (κ1) is 31.0. The molecule has 1 N–H and O–H groups in total. The molecule has 0 heterocycles. The number of rotatable bonds is 4. The molecule has 0 fully saturated rings. The van der Waals surface area contributed by atoms with Crippen molar-refractivity contribution in [3.05, 3.63) is 90.5 Å². The van der Waals surface area contributed by atoms with Crippen LogP contribution in [0.25, 0.3) is 5.57 Å². The van der Waals surface area contributed by atoms with Crippen LogP contribution in [0.1, 0.15) is 34.0 Å². The van der Waals surface area contributed by atoms with Crippen LogP contribution in [0.4, 0.5) is 0 Å². The third kappa shape index (κ3) is 6.01. The van der Waals surface area contributed by atoms with Gasteiger partial charge in [-0.2, -0.15) is 0 Å². The Morgan fingerprint density at radius 2 is 1.56 bits per heavy atom. The number of aryl methyl sites for hydroxylation is 1. The summed E-state index contributed by atoms with van der Waals surface area (Å²) in [6.07, 6.45) is 2.57. The number of carboxylic acids is 2. The van der Waals surface area contributed by atoms with Crippen LogP contribution in [0.5, 0.6) is 5.75 Å². The van der Waals surface area contributed by atoms with Crippen molar-refractivity contribution < 1.29 is 88.8 Å². The van der Waals surface area contributed by atoms with E-state index in [9.17, 15) is 29.7 Å². The molecule has 34 heavy (non-hydrogen) atoms. The minimum Gasteiger partial charge on any atom is -0.872 e. The topological polar surface area (TPSA) is 118 Å². The fourth-order valence-corrected chi connectivity index (χ4v) is 4.08. The Bertz CT molecular complexity index is 1310. The van der Waals surface area contributed by atoms with Crippen LogP contribution in [-0.4, -0.2) is 22.8 Å². The van der Waals surface area contributed by atoms with E-state index in [-0.39, 0.29) is 108 Å². The molecule has 0 amide bonds. The fraction of sp³-hybridized carbons (Fsp3) is 0.0870. The third-order valence-electron chi connectivity index (χ3n) is 4.87. The number of aliphatic carboxylic acids is 1. The van der Waals surface area contributed by atoms with E-state index in [0.29, 0.717) is 0 Å². The van der Waals surface area contributed by atoms with Crippen molar-refractivity contribution >= 4 is 58.1 Å². The summed E-state index contributed by atoms with van der Waals surface area (Å²) in [6, 6.07) is 5.43. The molecular formula is C23H13Cl3Na2O6. The van der Waals surface area contributed by atoms with Gasteiger partial charge in [0.1, 0.15) is 5.57 Å². The van der Waals surface area contributed by atoms with Crippen LogP contribution in [-0.2, 0) is 9.59 Å². The fourth-order valence-electron chi connectivity index (χ4n) is 3.36. The Morgan fingerprint density at radius 3 is 2.12 bits per heavy atom. The summed E-state index contributed by atoms with van der Waals surface area (Å²) in [4.78, 5) is 35.5. The van der Waals surface area contributed by atoms with Gasteiger partial charge in [-0.15, -0.1) is 0 Å². The van der Waals surface area contributed by atoms with Crippen molar-refractivity contribution in [1.82, 2.24) is 0 Å². The van der Waals surface area contributed by atoms with Crippen LogP contribution in [0, 0.1) is 6.92 Å². The molecule has 2 aromatic rings. The Labute approximate surface area is 254 Å². The van der Waals surface area contributed by atoms with Crippen molar-refractivity contribution in [2.24, 2.45) is 0 Å². The Balaban J connectivity index is 0.00000289. The Morgan fingerprint density at radius 1 is 0.971 bits per heavy atom. The number of carbonyl (C=O) groups excluding carboxylic acids is 2. The zero-order valence-corrected chi connectivity index (χ0v) is 24.9.